The number of nitrogens with one attached hydrogen (secondary N) is 2. The highest BCUT2D eigenvalue weighted by Gasteiger charge is 2.14. The first kappa shape index (κ1) is 19.9. The van der Waals surface area contributed by atoms with Gasteiger partial charge in [-0.1, -0.05) is 12.1 Å². The number of nitrogens with zero attached hydrogens (tertiary/aromatic N) is 4. The molecule has 0 saturated heterocycles. The number of hydrogen-bond acceptors (Lipinski definition) is 6. The van der Waals surface area contributed by atoms with Gasteiger partial charge in [-0.2, -0.15) is 0 Å². The summed E-state index contributed by atoms with van der Waals surface area (Å²) in [5.74, 6) is 1.39. The van der Waals surface area contributed by atoms with E-state index in [2.05, 4.69) is 20.7 Å². The average molecular weight is 398 g/mol. The molecule has 3 rings (SSSR count). The number of amides is 2. The summed E-state index contributed by atoms with van der Waals surface area (Å²) >= 11 is 0. The van der Waals surface area contributed by atoms with Gasteiger partial charge in [0, 0.05) is 19.8 Å². The number of benzene rings is 1. The summed E-state index contributed by atoms with van der Waals surface area (Å²) in [4.78, 5) is 28.8. The van der Waals surface area contributed by atoms with E-state index >= 15 is 0 Å². The summed E-state index contributed by atoms with van der Waals surface area (Å²) in [6.45, 7) is 0.416. The van der Waals surface area contributed by atoms with Crippen LogP contribution in [0.3, 0.4) is 0 Å². The number of aromatic nitrogens is 4. The van der Waals surface area contributed by atoms with Gasteiger partial charge in [-0.15, -0.1) is 5.10 Å². The van der Waals surface area contributed by atoms with Crippen molar-refractivity contribution in [2.45, 2.75) is 6.54 Å². The van der Waals surface area contributed by atoms with Crippen LogP contribution in [0.15, 0.2) is 47.4 Å². The zero-order valence-electron chi connectivity index (χ0n) is 16.4. The predicted octanol–water partition coefficient (Wildman–Crippen LogP) is 1.48. The lowest BCUT2D eigenvalue weighted by molar-refractivity contribution is 0.251. The van der Waals surface area contributed by atoms with E-state index in [9.17, 15) is 9.59 Å². The molecular formula is C19H22N6O4. The van der Waals surface area contributed by atoms with E-state index < -0.39 is 6.03 Å². The SMILES string of the molecule is COc1cccc(NC(=O)NCCn2nc(-c3ccccn3)n(C)c2=O)c1OC. The van der Waals surface area contributed by atoms with Gasteiger partial charge >= 0.3 is 11.7 Å². The van der Waals surface area contributed by atoms with E-state index in [-0.39, 0.29) is 18.8 Å². The van der Waals surface area contributed by atoms with Gasteiger partial charge in [0.25, 0.3) is 0 Å². The predicted molar refractivity (Wildman–Crippen MR) is 107 cm³/mol. The molecule has 0 atom stereocenters. The highest BCUT2D eigenvalue weighted by atomic mass is 16.5. The number of pyridine rings is 1. The molecule has 2 aromatic heterocycles. The number of methoxy groups -OCH3 is 2. The molecule has 0 aliphatic rings. The van der Waals surface area contributed by atoms with E-state index in [4.69, 9.17) is 9.47 Å². The Morgan fingerprint density at radius 1 is 1.14 bits per heavy atom. The Morgan fingerprint density at radius 3 is 2.66 bits per heavy atom. The Hall–Kier alpha value is -3.82. The fourth-order valence-corrected chi connectivity index (χ4v) is 2.78. The number of urea groups is 1. The van der Waals surface area contributed by atoms with Crippen LogP contribution in [0, 0.1) is 0 Å². The van der Waals surface area contributed by atoms with Gasteiger partial charge in [0.2, 0.25) is 0 Å². The highest BCUT2D eigenvalue weighted by molar-refractivity contribution is 5.91. The van der Waals surface area contributed by atoms with Crippen LogP contribution >= 0.6 is 0 Å². The lowest BCUT2D eigenvalue weighted by Crippen LogP contribution is -2.34. The molecule has 29 heavy (non-hydrogen) atoms. The normalized spacial score (nSPS) is 10.4. The van der Waals surface area contributed by atoms with Crippen molar-refractivity contribution in [3.8, 4) is 23.0 Å². The van der Waals surface area contributed by atoms with Crippen LogP contribution < -0.4 is 25.8 Å². The van der Waals surface area contributed by atoms with Crippen molar-refractivity contribution in [1.29, 1.82) is 0 Å². The summed E-state index contributed by atoms with van der Waals surface area (Å²) in [6, 6.07) is 10.1. The Balaban J connectivity index is 1.62. The van der Waals surface area contributed by atoms with Crippen LogP contribution in [0.5, 0.6) is 11.5 Å². The Labute approximate surface area is 167 Å². The molecule has 0 saturated carbocycles. The van der Waals surface area contributed by atoms with E-state index in [0.29, 0.717) is 28.7 Å². The second-order valence-electron chi connectivity index (χ2n) is 6.03. The number of carbonyl (C=O) groups excluding carboxylic acids is 1. The van der Waals surface area contributed by atoms with Gasteiger partial charge in [-0.3, -0.25) is 9.55 Å². The zero-order chi connectivity index (χ0) is 20.8. The Bertz CT molecular complexity index is 1040. The highest BCUT2D eigenvalue weighted by Crippen LogP contribution is 2.34. The molecule has 0 aliphatic carbocycles. The molecule has 0 unspecified atom stereocenters. The van der Waals surface area contributed by atoms with Crippen LogP contribution in [0.4, 0.5) is 10.5 Å². The number of rotatable bonds is 7. The quantitative estimate of drug-likeness (QED) is 0.623. The number of anilines is 1. The molecule has 152 valence electrons. The molecule has 0 fully saturated rings. The topological polar surface area (TPSA) is 112 Å². The van der Waals surface area contributed by atoms with Gasteiger partial charge < -0.3 is 20.1 Å². The minimum atomic E-state index is -0.439. The molecule has 2 N–H and O–H groups in total. The van der Waals surface area contributed by atoms with E-state index in [0.717, 1.165) is 0 Å². The molecule has 0 spiro atoms. The summed E-state index contributed by atoms with van der Waals surface area (Å²) in [5.41, 5.74) is 0.779. The molecule has 2 heterocycles. The third-order valence-corrected chi connectivity index (χ3v) is 4.20. The summed E-state index contributed by atoms with van der Waals surface area (Å²) in [7, 11) is 4.64. The van der Waals surface area contributed by atoms with E-state index in [1.54, 1.807) is 43.6 Å². The first-order valence-corrected chi connectivity index (χ1v) is 8.86. The van der Waals surface area contributed by atoms with Crippen molar-refractivity contribution >= 4 is 11.7 Å². The third kappa shape index (κ3) is 4.37. The number of hydrogen-bond donors (Lipinski definition) is 2. The summed E-state index contributed by atoms with van der Waals surface area (Å²) in [5, 5.41) is 9.70. The maximum Gasteiger partial charge on any atom is 0.346 e. The maximum atomic E-state index is 12.4. The molecule has 2 amide bonds. The van der Waals surface area contributed by atoms with E-state index in [1.807, 2.05) is 6.07 Å². The van der Waals surface area contributed by atoms with Crippen molar-refractivity contribution in [3.05, 3.63) is 53.1 Å². The number of para-hydroxylation sites is 1. The van der Waals surface area contributed by atoms with Crippen molar-refractivity contribution in [3.63, 3.8) is 0 Å². The van der Waals surface area contributed by atoms with Gasteiger partial charge in [-0.25, -0.2) is 14.3 Å². The van der Waals surface area contributed by atoms with Crippen LogP contribution in [0.2, 0.25) is 0 Å². The molecule has 10 heteroatoms. The number of carbonyl (C=O) groups is 1. The molecule has 3 aromatic rings. The van der Waals surface area contributed by atoms with Crippen molar-refractivity contribution in [2.24, 2.45) is 7.05 Å². The molecule has 0 radical (unpaired) electrons. The van der Waals surface area contributed by atoms with Crippen LogP contribution in [-0.2, 0) is 13.6 Å². The van der Waals surface area contributed by atoms with Crippen molar-refractivity contribution < 1.29 is 14.3 Å². The number of ether oxygens (including phenoxy) is 2. The second kappa shape index (κ2) is 8.91. The largest absolute Gasteiger partial charge is 0.493 e. The van der Waals surface area contributed by atoms with Crippen LogP contribution in [0.25, 0.3) is 11.5 Å². The van der Waals surface area contributed by atoms with Crippen LogP contribution in [-0.4, -0.2) is 46.1 Å². The molecule has 0 aliphatic heterocycles. The summed E-state index contributed by atoms with van der Waals surface area (Å²) in [6.07, 6.45) is 1.64. The zero-order valence-corrected chi connectivity index (χ0v) is 16.4. The van der Waals surface area contributed by atoms with E-state index in [1.165, 1.54) is 23.5 Å². The fraction of sp³-hybridized carbons (Fsp3) is 0.263. The van der Waals surface area contributed by atoms with Crippen molar-refractivity contribution in [1.82, 2.24) is 24.6 Å². The van der Waals surface area contributed by atoms with Gasteiger partial charge in [-0.05, 0) is 24.3 Å². The molecule has 1 aromatic carbocycles. The first-order valence-electron chi connectivity index (χ1n) is 8.86. The fourth-order valence-electron chi connectivity index (χ4n) is 2.78. The van der Waals surface area contributed by atoms with Crippen LogP contribution in [0.1, 0.15) is 0 Å². The third-order valence-electron chi connectivity index (χ3n) is 4.20. The van der Waals surface area contributed by atoms with Crippen molar-refractivity contribution in [2.75, 3.05) is 26.1 Å². The van der Waals surface area contributed by atoms with Gasteiger partial charge in [0.05, 0.1) is 26.5 Å². The molecule has 0 bridgehead atoms. The van der Waals surface area contributed by atoms with Gasteiger partial charge in [0.1, 0.15) is 5.69 Å². The first-order chi connectivity index (χ1) is 14.0. The lowest BCUT2D eigenvalue weighted by atomic mass is 10.2. The summed E-state index contributed by atoms with van der Waals surface area (Å²) < 4.78 is 13.2. The standard InChI is InChI=1S/C19H22N6O4/c1-24-17(14-7-4-5-10-20-14)23-25(19(24)27)12-11-21-18(26)22-13-8-6-9-15(28-2)16(13)29-3/h4-10H,11-12H2,1-3H3,(H2,21,22,26). The second-order valence-corrected chi connectivity index (χ2v) is 6.03. The average Bonchev–Trinajstić information content (AvgIpc) is 3.02. The minimum absolute atomic E-state index is 0.205. The monoisotopic (exact) mass is 398 g/mol. The Kier molecular flexibility index (Phi) is 6.12. The molecular weight excluding hydrogens is 376 g/mol. The maximum absolute atomic E-state index is 12.4. The smallest absolute Gasteiger partial charge is 0.346 e. The molecule has 10 nitrogen and oxygen atoms in total. The van der Waals surface area contributed by atoms with Gasteiger partial charge in [0.15, 0.2) is 17.3 Å². The lowest BCUT2D eigenvalue weighted by Gasteiger charge is -2.13. The Morgan fingerprint density at radius 2 is 1.97 bits per heavy atom. The minimum Gasteiger partial charge on any atom is -0.493 e.